The maximum absolute atomic E-state index is 13.5. The number of rotatable bonds is 5. The quantitative estimate of drug-likeness (QED) is 0.768. The van der Waals surface area contributed by atoms with Crippen molar-refractivity contribution in [2.75, 3.05) is 19.6 Å². The van der Waals surface area contributed by atoms with E-state index >= 15 is 0 Å². The number of halogens is 3. The standard InChI is InChI=1S/C20H29F2N3O.ClH/c21-17-10-16(11-18(22)12-17)14-25(13-15-6-8-23-9-7-15)20(26)24-19-4-2-1-3-5-19;/h10-12,15,19,23H,1-9,13-14H2,(H,24,26);1H/p-1. The van der Waals surface area contributed by atoms with Gasteiger partial charge >= 0.3 is 6.03 Å². The lowest BCUT2D eigenvalue weighted by Crippen LogP contribution is -3.00. The summed E-state index contributed by atoms with van der Waals surface area (Å²) in [5, 5.41) is 6.47. The molecule has 1 saturated heterocycles. The molecule has 1 saturated carbocycles. The van der Waals surface area contributed by atoms with Crippen LogP contribution in [0, 0.1) is 17.6 Å². The monoisotopic (exact) mass is 400 g/mol. The van der Waals surface area contributed by atoms with Gasteiger partial charge in [-0.2, -0.15) is 0 Å². The molecule has 2 amide bonds. The van der Waals surface area contributed by atoms with Crippen LogP contribution in [0.3, 0.4) is 0 Å². The molecule has 0 bridgehead atoms. The number of nitrogens with zero attached hydrogens (tertiary/aromatic N) is 1. The highest BCUT2D eigenvalue weighted by atomic mass is 35.5. The minimum Gasteiger partial charge on any atom is -1.00 e. The molecule has 1 aliphatic carbocycles. The molecule has 1 aromatic rings. The number of carbonyl (C=O) groups excluding carboxylic acids is 1. The van der Waals surface area contributed by atoms with Crippen LogP contribution in [0.2, 0.25) is 0 Å². The molecule has 3 rings (SSSR count). The van der Waals surface area contributed by atoms with Gasteiger partial charge in [0.2, 0.25) is 0 Å². The molecule has 0 unspecified atom stereocenters. The molecule has 4 nitrogen and oxygen atoms in total. The van der Waals surface area contributed by atoms with Crippen molar-refractivity contribution in [1.82, 2.24) is 15.5 Å². The Morgan fingerprint density at radius 2 is 1.67 bits per heavy atom. The lowest BCUT2D eigenvalue weighted by atomic mass is 9.95. The fraction of sp³-hybridized carbons (Fsp3) is 0.650. The molecule has 2 fully saturated rings. The van der Waals surface area contributed by atoms with Crippen molar-refractivity contribution in [2.24, 2.45) is 5.92 Å². The first-order chi connectivity index (χ1) is 12.6. The first-order valence-electron chi connectivity index (χ1n) is 9.81. The van der Waals surface area contributed by atoms with Crippen LogP contribution in [-0.2, 0) is 6.54 Å². The molecule has 27 heavy (non-hydrogen) atoms. The van der Waals surface area contributed by atoms with Crippen molar-refractivity contribution in [3.05, 3.63) is 35.4 Å². The van der Waals surface area contributed by atoms with Crippen LogP contribution in [0.25, 0.3) is 0 Å². The molecule has 0 atom stereocenters. The summed E-state index contributed by atoms with van der Waals surface area (Å²) >= 11 is 0. The van der Waals surface area contributed by atoms with Gasteiger partial charge in [-0.3, -0.25) is 0 Å². The SMILES string of the molecule is O=C(NC1CCCCC1)N(Cc1cc(F)cc(F)c1)CC1CCNCC1.[Cl-]. The van der Waals surface area contributed by atoms with Crippen LogP contribution in [0.15, 0.2) is 18.2 Å². The Bertz CT molecular complexity index is 585. The summed E-state index contributed by atoms with van der Waals surface area (Å²) in [6.07, 6.45) is 7.59. The Labute approximate surface area is 166 Å². The Morgan fingerprint density at radius 3 is 2.30 bits per heavy atom. The van der Waals surface area contributed by atoms with Crippen molar-refractivity contribution in [3.63, 3.8) is 0 Å². The van der Waals surface area contributed by atoms with E-state index in [1.165, 1.54) is 18.6 Å². The Morgan fingerprint density at radius 1 is 1.04 bits per heavy atom. The lowest BCUT2D eigenvalue weighted by Gasteiger charge is -2.32. The largest absolute Gasteiger partial charge is 1.00 e. The molecule has 0 aromatic heterocycles. The highest BCUT2D eigenvalue weighted by Crippen LogP contribution is 2.20. The van der Waals surface area contributed by atoms with Crippen molar-refractivity contribution in [2.45, 2.75) is 57.5 Å². The summed E-state index contributed by atoms with van der Waals surface area (Å²) < 4.78 is 27.1. The van der Waals surface area contributed by atoms with Gasteiger partial charge in [0.25, 0.3) is 0 Å². The van der Waals surface area contributed by atoms with Crippen molar-refractivity contribution in [1.29, 1.82) is 0 Å². The van der Waals surface area contributed by atoms with Crippen molar-refractivity contribution >= 4 is 6.03 Å². The normalized spacial score (nSPS) is 18.6. The molecular weight excluding hydrogens is 372 g/mol. The number of benzene rings is 1. The van der Waals surface area contributed by atoms with E-state index in [0.717, 1.165) is 57.7 Å². The lowest BCUT2D eigenvalue weighted by molar-refractivity contribution is -0.0000104. The van der Waals surface area contributed by atoms with Gasteiger partial charge in [0.05, 0.1) is 0 Å². The number of amides is 2. The van der Waals surface area contributed by atoms with Gasteiger partial charge < -0.3 is 27.9 Å². The van der Waals surface area contributed by atoms with Crippen LogP contribution >= 0.6 is 0 Å². The maximum Gasteiger partial charge on any atom is 0.317 e. The molecule has 1 heterocycles. The predicted octanol–water partition coefficient (Wildman–Crippen LogP) is 0.813. The van der Waals surface area contributed by atoms with Crippen molar-refractivity contribution in [3.8, 4) is 0 Å². The molecule has 0 radical (unpaired) electrons. The number of nitrogens with one attached hydrogen (secondary N) is 2. The van der Waals surface area contributed by atoms with E-state index in [2.05, 4.69) is 10.6 Å². The van der Waals surface area contributed by atoms with Crippen LogP contribution in [0.5, 0.6) is 0 Å². The number of piperidine rings is 1. The molecule has 1 aromatic carbocycles. The van der Waals surface area contributed by atoms with E-state index in [9.17, 15) is 13.6 Å². The molecule has 152 valence electrons. The second kappa shape index (κ2) is 10.8. The zero-order valence-electron chi connectivity index (χ0n) is 15.7. The summed E-state index contributed by atoms with van der Waals surface area (Å²) in [5.41, 5.74) is 0.496. The summed E-state index contributed by atoms with van der Waals surface area (Å²) in [6.45, 7) is 2.77. The number of carbonyl (C=O) groups is 1. The van der Waals surface area contributed by atoms with Gasteiger partial charge in [0.1, 0.15) is 11.6 Å². The maximum atomic E-state index is 13.5. The molecule has 1 aliphatic heterocycles. The molecule has 7 heteroatoms. The van der Waals surface area contributed by atoms with E-state index in [1.807, 2.05) is 0 Å². The Hall–Kier alpha value is -1.40. The minimum atomic E-state index is -0.602. The topological polar surface area (TPSA) is 44.4 Å². The van der Waals surface area contributed by atoms with Gasteiger partial charge in [-0.05, 0) is 62.4 Å². The Balaban J connectivity index is 0.00000261. The van der Waals surface area contributed by atoms with Gasteiger partial charge in [-0.1, -0.05) is 19.3 Å². The summed E-state index contributed by atoms with van der Waals surface area (Å²) in [4.78, 5) is 14.6. The zero-order valence-corrected chi connectivity index (χ0v) is 16.4. The smallest absolute Gasteiger partial charge is 0.317 e. The van der Waals surface area contributed by atoms with Gasteiger partial charge in [0, 0.05) is 25.2 Å². The van der Waals surface area contributed by atoms with E-state index < -0.39 is 11.6 Å². The van der Waals surface area contributed by atoms with Gasteiger partial charge in [-0.15, -0.1) is 0 Å². The minimum absolute atomic E-state index is 0. The average molecular weight is 401 g/mol. The molecule has 2 aliphatic rings. The van der Waals surface area contributed by atoms with Crippen LogP contribution in [-0.4, -0.2) is 36.6 Å². The Kier molecular flexibility index (Phi) is 8.77. The molecule has 0 spiro atoms. The van der Waals surface area contributed by atoms with E-state index in [4.69, 9.17) is 0 Å². The predicted molar refractivity (Wildman–Crippen MR) is 97.8 cm³/mol. The molecular formula is C20H29ClF2N3O-. The van der Waals surface area contributed by atoms with E-state index in [-0.39, 0.29) is 31.0 Å². The second-order valence-electron chi connectivity index (χ2n) is 7.64. The highest BCUT2D eigenvalue weighted by molar-refractivity contribution is 5.74. The van der Waals surface area contributed by atoms with Gasteiger partial charge in [-0.25, -0.2) is 13.6 Å². The summed E-state index contributed by atoms with van der Waals surface area (Å²) in [7, 11) is 0. The van der Waals surface area contributed by atoms with E-state index in [1.54, 1.807) is 4.90 Å². The summed E-state index contributed by atoms with van der Waals surface area (Å²) in [5.74, 6) is -0.782. The first-order valence-corrected chi connectivity index (χ1v) is 9.81. The van der Waals surface area contributed by atoms with Crippen LogP contribution < -0.4 is 23.0 Å². The fourth-order valence-electron chi connectivity index (χ4n) is 4.03. The third-order valence-electron chi connectivity index (χ3n) is 5.45. The highest BCUT2D eigenvalue weighted by Gasteiger charge is 2.24. The van der Waals surface area contributed by atoms with Crippen LogP contribution in [0.1, 0.15) is 50.5 Å². The average Bonchev–Trinajstić information content (AvgIpc) is 2.62. The number of urea groups is 1. The van der Waals surface area contributed by atoms with Crippen molar-refractivity contribution < 1.29 is 26.0 Å². The summed E-state index contributed by atoms with van der Waals surface area (Å²) in [6, 6.07) is 3.60. The molecule has 2 N–H and O–H groups in total. The second-order valence-corrected chi connectivity index (χ2v) is 7.64. The fourth-order valence-corrected chi connectivity index (χ4v) is 4.03. The van der Waals surface area contributed by atoms with Crippen LogP contribution in [0.4, 0.5) is 13.6 Å². The van der Waals surface area contributed by atoms with Gasteiger partial charge in [0.15, 0.2) is 0 Å². The van der Waals surface area contributed by atoms with E-state index in [0.29, 0.717) is 18.0 Å². The number of hydrogen-bond acceptors (Lipinski definition) is 2. The third-order valence-corrected chi connectivity index (χ3v) is 5.45. The first kappa shape index (κ1) is 21.9. The third kappa shape index (κ3) is 6.92. The number of hydrogen-bond donors (Lipinski definition) is 2. The zero-order chi connectivity index (χ0) is 18.4.